The van der Waals surface area contributed by atoms with Gasteiger partial charge in [-0.15, -0.1) is 0 Å². The summed E-state index contributed by atoms with van der Waals surface area (Å²) in [6, 6.07) is 8.24. The molecule has 0 atom stereocenters. The van der Waals surface area contributed by atoms with Gasteiger partial charge in [0.25, 0.3) is 0 Å². The van der Waals surface area contributed by atoms with Crippen LogP contribution in [0.3, 0.4) is 0 Å². The van der Waals surface area contributed by atoms with Crippen molar-refractivity contribution in [2.45, 2.75) is 12.8 Å². The molecule has 1 N–H and O–H groups in total. The molecule has 1 aromatic rings. The zero-order chi connectivity index (χ0) is 17.2. The third kappa shape index (κ3) is 5.23. The number of para-hydroxylation sites is 2. The van der Waals surface area contributed by atoms with E-state index in [1.54, 1.807) is 7.11 Å². The van der Waals surface area contributed by atoms with Gasteiger partial charge in [-0.25, -0.2) is 0 Å². The van der Waals surface area contributed by atoms with Gasteiger partial charge in [0.05, 0.1) is 12.8 Å². The van der Waals surface area contributed by atoms with Gasteiger partial charge in [-0.1, -0.05) is 12.1 Å². The molecular weight excluding hydrogens is 320 g/mol. The molecule has 134 valence electrons. The Bertz CT molecular complexity index is 515. The van der Waals surface area contributed by atoms with Crippen LogP contribution >= 0.6 is 11.8 Å². The number of hydrogen-bond donors (Lipinski definition) is 1. The number of ether oxygens (including phenoxy) is 1. The standard InChI is InChI=1S/C18H30N4OS/c1-19-18(20-10-6-7-15-24-3)22-13-11-21(12-14-22)16-8-4-5-9-17(16)23-2/h4-5,8-9H,6-7,10-15H2,1-3H3,(H,19,20). The number of thioether (sulfide) groups is 1. The smallest absolute Gasteiger partial charge is 0.193 e. The molecule has 2 rings (SSSR count). The third-order valence-electron chi connectivity index (χ3n) is 4.28. The number of rotatable bonds is 7. The van der Waals surface area contributed by atoms with Gasteiger partial charge in [0.15, 0.2) is 5.96 Å². The maximum Gasteiger partial charge on any atom is 0.193 e. The number of anilines is 1. The van der Waals surface area contributed by atoms with E-state index >= 15 is 0 Å². The van der Waals surface area contributed by atoms with E-state index in [1.165, 1.54) is 24.3 Å². The molecular formula is C18H30N4OS. The van der Waals surface area contributed by atoms with E-state index in [4.69, 9.17) is 4.74 Å². The van der Waals surface area contributed by atoms with Gasteiger partial charge in [0.2, 0.25) is 0 Å². The first-order chi connectivity index (χ1) is 11.8. The Morgan fingerprint density at radius 3 is 2.62 bits per heavy atom. The first-order valence-electron chi connectivity index (χ1n) is 8.62. The molecule has 1 fully saturated rings. The SMILES string of the molecule is CN=C(NCCCCSC)N1CCN(c2ccccc2OC)CC1. The molecule has 1 heterocycles. The predicted octanol–water partition coefficient (Wildman–Crippen LogP) is 2.54. The van der Waals surface area contributed by atoms with Crippen LogP contribution in [0.5, 0.6) is 5.75 Å². The van der Waals surface area contributed by atoms with Crippen molar-refractivity contribution in [3.63, 3.8) is 0 Å². The number of hydrogen-bond acceptors (Lipinski definition) is 4. The van der Waals surface area contributed by atoms with Gasteiger partial charge in [0.1, 0.15) is 5.75 Å². The van der Waals surface area contributed by atoms with Crippen molar-refractivity contribution >= 4 is 23.4 Å². The number of aliphatic imine (C=N–C) groups is 1. The number of benzene rings is 1. The minimum atomic E-state index is 0.947. The minimum Gasteiger partial charge on any atom is -0.495 e. The lowest BCUT2D eigenvalue weighted by molar-refractivity contribution is 0.367. The number of methoxy groups -OCH3 is 1. The number of nitrogens with one attached hydrogen (secondary N) is 1. The molecule has 0 bridgehead atoms. The highest BCUT2D eigenvalue weighted by Gasteiger charge is 2.21. The molecule has 1 aliphatic rings. The Morgan fingerprint density at radius 1 is 1.21 bits per heavy atom. The van der Waals surface area contributed by atoms with Crippen molar-refractivity contribution in [1.82, 2.24) is 10.2 Å². The molecule has 0 aliphatic carbocycles. The molecule has 0 spiro atoms. The Morgan fingerprint density at radius 2 is 1.96 bits per heavy atom. The van der Waals surface area contributed by atoms with Crippen LogP contribution in [-0.2, 0) is 0 Å². The van der Waals surface area contributed by atoms with Crippen LogP contribution in [0.1, 0.15) is 12.8 Å². The van der Waals surface area contributed by atoms with Crippen molar-refractivity contribution in [1.29, 1.82) is 0 Å². The minimum absolute atomic E-state index is 0.947. The van der Waals surface area contributed by atoms with Crippen LogP contribution in [0.4, 0.5) is 5.69 Å². The maximum atomic E-state index is 5.49. The summed E-state index contributed by atoms with van der Waals surface area (Å²) in [5, 5.41) is 3.50. The fraction of sp³-hybridized carbons (Fsp3) is 0.611. The third-order valence-corrected chi connectivity index (χ3v) is 4.97. The summed E-state index contributed by atoms with van der Waals surface area (Å²) in [6.45, 7) is 4.91. The average Bonchev–Trinajstić information content (AvgIpc) is 2.65. The Balaban J connectivity index is 1.82. The zero-order valence-corrected chi connectivity index (χ0v) is 15.9. The number of guanidine groups is 1. The van der Waals surface area contributed by atoms with Gasteiger partial charge in [-0.2, -0.15) is 11.8 Å². The van der Waals surface area contributed by atoms with Crippen LogP contribution < -0.4 is 15.0 Å². The lowest BCUT2D eigenvalue weighted by Crippen LogP contribution is -2.52. The topological polar surface area (TPSA) is 40.1 Å². The summed E-state index contributed by atoms with van der Waals surface area (Å²) in [7, 11) is 3.61. The van der Waals surface area contributed by atoms with Crippen LogP contribution in [0.25, 0.3) is 0 Å². The van der Waals surface area contributed by atoms with E-state index in [9.17, 15) is 0 Å². The summed E-state index contributed by atoms with van der Waals surface area (Å²) in [4.78, 5) is 9.18. The van der Waals surface area contributed by atoms with E-state index in [0.717, 1.165) is 44.4 Å². The summed E-state index contributed by atoms with van der Waals surface area (Å²) in [5.41, 5.74) is 1.18. The highest BCUT2D eigenvalue weighted by atomic mass is 32.2. The van der Waals surface area contributed by atoms with Crippen LogP contribution in [0.15, 0.2) is 29.3 Å². The van der Waals surface area contributed by atoms with Gasteiger partial charge in [-0.3, -0.25) is 4.99 Å². The lowest BCUT2D eigenvalue weighted by Gasteiger charge is -2.38. The monoisotopic (exact) mass is 350 g/mol. The Labute approximate surface area is 150 Å². The van der Waals surface area contributed by atoms with E-state index < -0.39 is 0 Å². The fourth-order valence-corrected chi connectivity index (χ4v) is 3.45. The maximum absolute atomic E-state index is 5.49. The Kier molecular flexibility index (Phi) is 8.08. The molecule has 1 saturated heterocycles. The molecule has 0 saturated carbocycles. The second kappa shape index (κ2) is 10.3. The molecule has 6 heteroatoms. The summed E-state index contributed by atoms with van der Waals surface area (Å²) in [5.74, 6) is 3.21. The predicted molar refractivity (Wildman–Crippen MR) is 106 cm³/mol. The van der Waals surface area contributed by atoms with E-state index in [1.807, 2.05) is 30.9 Å². The normalized spacial score (nSPS) is 15.5. The first kappa shape index (κ1) is 18.8. The summed E-state index contributed by atoms with van der Waals surface area (Å²) in [6.07, 6.45) is 4.61. The van der Waals surface area contributed by atoms with Crippen LogP contribution in [-0.4, -0.2) is 69.7 Å². The molecule has 0 amide bonds. The highest BCUT2D eigenvalue weighted by Crippen LogP contribution is 2.28. The molecule has 1 aromatic carbocycles. The van der Waals surface area contributed by atoms with Crippen molar-refractivity contribution < 1.29 is 4.74 Å². The first-order valence-corrected chi connectivity index (χ1v) is 10.0. The van der Waals surface area contributed by atoms with Gasteiger partial charge in [-0.05, 0) is 37.0 Å². The molecule has 0 aromatic heterocycles. The summed E-state index contributed by atoms with van der Waals surface area (Å²) < 4.78 is 5.49. The average molecular weight is 351 g/mol. The zero-order valence-electron chi connectivity index (χ0n) is 15.1. The lowest BCUT2D eigenvalue weighted by atomic mass is 10.2. The van der Waals surface area contributed by atoms with Crippen molar-refractivity contribution in [2.75, 3.05) is 63.8 Å². The van der Waals surface area contributed by atoms with Crippen molar-refractivity contribution in [3.8, 4) is 5.75 Å². The number of piperazine rings is 1. The van der Waals surface area contributed by atoms with Crippen LogP contribution in [0.2, 0.25) is 0 Å². The quantitative estimate of drug-likeness (QED) is 0.465. The molecule has 0 unspecified atom stereocenters. The highest BCUT2D eigenvalue weighted by molar-refractivity contribution is 7.98. The second-order valence-electron chi connectivity index (χ2n) is 5.82. The molecule has 1 aliphatic heterocycles. The van der Waals surface area contributed by atoms with Crippen LogP contribution in [0, 0.1) is 0 Å². The van der Waals surface area contributed by atoms with E-state index in [-0.39, 0.29) is 0 Å². The van der Waals surface area contributed by atoms with Crippen molar-refractivity contribution in [3.05, 3.63) is 24.3 Å². The van der Waals surface area contributed by atoms with E-state index in [0.29, 0.717) is 0 Å². The van der Waals surface area contributed by atoms with Gasteiger partial charge < -0.3 is 19.9 Å². The summed E-state index contributed by atoms with van der Waals surface area (Å²) >= 11 is 1.91. The number of nitrogens with zero attached hydrogens (tertiary/aromatic N) is 3. The largest absolute Gasteiger partial charge is 0.495 e. The fourth-order valence-electron chi connectivity index (χ4n) is 2.95. The molecule has 5 nitrogen and oxygen atoms in total. The van der Waals surface area contributed by atoms with E-state index in [2.05, 4.69) is 38.5 Å². The van der Waals surface area contributed by atoms with Gasteiger partial charge >= 0.3 is 0 Å². The van der Waals surface area contributed by atoms with Crippen molar-refractivity contribution in [2.24, 2.45) is 4.99 Å². The Hall–Kier alpha value is -1.56. The van der Waals surface area contributed by atoms with Gasteiger partial charge in [0, 0.05) is 39.8 Å². The second-order valence-corrected chi connectivity index (χ2v) is 6.81. The number of unbranched alkanes of at least 4 members (excludes halogenated alkanes) is 1. The molecule has 24 heavy (non-hydrogen) atoms. The molecule has 0 radical (unpaired) electrons.